The minimum absolute atomic E-state index is 0.259. The summed E-state index contributed by atoms with van der Waals surface area (Å²) in [6.07, 6.45) is 2.36. The van der Waals surface area contributed by atoms with E-state index in [0.29, 0.717) is 25.1 Å². The fourth-order valence-electron chi connectivity index (χ4n) is 2.94. The summed E-state index contributed by atoms with van der Waals surface area (Å²) < 4.78 is 31.7. The van der Waals surface area contributed by atoms with Gasteiger partial charge in [-0.2, -0.15) is 0 Å². The van der Waals surface area contributed by atoms with Crippen molar-refractivity contribution < 1.29 is 18.2 Å². The van der Waals surface area contributed by atoms with Crippen molar-refractivity contribution in [2.45, 2.75) is 31.8 Å². The number of nitrogens with zero attached hydrogens (tertiary/aromatic N) is 1. The van der Waals surface area contributed by atoms with Gasteiger partial charge in [0, 0.05) is 13.5 Å². The first-order chi connectivity index (χ1) is 9.45. The molecule has 5 heteroatoms. The van der Waals surface area contributed by atoms with Crippen LogP contribution in [0.15, 0.2) is 18.2 Å². The minimum Gasteiger partial charge on any atom is -0.633 e. The smallest absolute Gasteiger partial charge is 0.159 e. The van der Waals surface area contributed by atoms with Crippen molar-refractivity contribution in [2.24, 2.45) is 0 Å². The van der Waals surface area contributed by atoms with Gasteiger partial charge in [0.15, 0.2) is 11.6 Å². The van der Waals surface area contributed by atoms with E-state index < -0.39 is 17.2 Å². The largest absolute Gasteiger partial charge is 0.633 e. The van der Waals surface area contributed by atoms with Gasteiger partial charge in [-0.15, -0.1) is 0 Å². The maximum Gasteiger partial charge on any atom is 0.159 e. The normalized spacial score (nSPS) is 29.9. The van der Waals surface area contributed by atoms with Crippen molar-refractivity contribution >= 4 is 0 Å². The van der Waals surface area contributed by atoms with E-state index in [-0.39, 0.29) is 11.2 Å². The Kier molecular flexibility index (Phi) is 4.42. The van der Waals surface area contributed by atoms with Crippen LogP contribution >= 0.6 is 0 Å². The van der Waals surface area contributed by atoms with Gasteiger partial charge in [-0.25, -0.2) is 8.78 Å². The lowest BCUT2D eigenvalue weighted by molar-refractivity contribution is -0.872. The van der Waals surface area contributed by atoms with Crippen molar-refractivity contribution in [3.05, 3.63) is 40.6 Å². The average molecular weight is 285 g/mol. The third-order valence-electron chi connectivity index (χ3n) is 4.22. The van der Waals surface area contributed by atoms with Crippen LogP contribution in [0.25, 0.3) is 0 Å². The predicted molar refractivity (Wildman–Crippen MR) is 72.8 cm³/mol. The van der Waals surface area contributed by atoms with Gasteiger partial charge in [-0.3, -0.25) is 0 Å². The third-order valence-corrected chi connectivity index (χ3v) is 4.22. The van der Waals surface area contributed by atoms with Crippen LogP contribution in [0.5, 0.6) is 0 Å². The predicted octanol–water partition coefficient (Wildman–Crippen LogP) is 3.32. The zero-order valence-corrected chi connectivity index (χ0v) is 12.0. The molecule has 1 aliphatic heterocycles. The summed E-state index contributed by atoms with van der Waals surface area (Å²) in [6.45, 7) is 3.30. The lowest BCUT2D eigenvalue weighted by Gasteiger charge is -2.40. The first-order valence-electron chi connectivity index (χ1n) is 7.02. The van der Waals surface area contributed by atoms with Crippen molar-refractivity contribution in [3.8, 4) is 0 Å². The van der Waals surface area contributed by atoms with Crippen LogP contribution in [0.1, 0.15) is 31.7 Å². The van der Waals surface area contributed by atoms with E-state index in [2.05, 4.69) is 0 Å². The molecular weight excluding hydrogens is 264 g/mol. The summed E-state index contributed by atoms with van der Waals surface area (Å²) in [7, 11) is 1.52. The summed E-state index contributed by atoms with van der Waals surface area (Å²) in [4.78, 5) is 0. The molecule has 2 unspecified atom stereocenters. The van der Waals surface area contributed by atoms with Gasteiger partial charge in [0.25, 0.3) is 0 Å². The molecule has 0 aromatic heterocycles. The molecule has 0 bridgehead atoms. The Balaban J connectivity index is 2.25. The first kappa shape index (κ1) is 15.4. The van der Waals surface area contributed by atoms with Crippen LogP contribution in [0.4, 0.5) is 8.78 Å². The summed E-state index contributed by atoms with van der Waals surface area (Å²) in [5, 5.41) is 12.7. The lowest BCUT2D eigenvalue weighted by Crippen LogP contribution is -2.44. The van der Waals surface area contributed by atoms with Gasteiger partial charge in [0.1, 0.15) is 12.1 Å². The highest BCUT2D eigenvalue weighted by atomic mass is 19.2. The highest BCUT2D eigenvalue weighted by Crippen LogP contribution is 2.39. The Bertz CT molecular complexity index is 483. The van der Waals surface area contributed by atoms with Crippen molar-refractivity contribution in [1.29, 1.82) is 0 Å². The van der Waals surface area contributed by atoms with Gasteiger partial charge in [0.05, 0.1) is 13.1 Å². The minimum atomic E-state index is -0.900. The Hall–Kier alpha value is -1.04. The number of hydroxylamine groups is 3. The zero-order valence-electron chi connectivity index (χ0n) is 12.0. The van der Waals surface area contributed by atoms with E-state index in [4.69, 9.17) is 4.74 Å². The molecule has 112 valence electrons. The quantitative estimate of drug-likeness (QED) is 0.614. The summed E-state index contributed by atoms with van der Waals surface area (Å²) in [5.41, 5.74) is -0.254. The molecule has 1 aromatic rings. The third kappa shape index (κ3) is 2.85. The molecule has 1 aliphatic rings. The number of hydrogen-bond acceptors (Lipinski definition) is 2. The summed E-state index contributed by atoms with van der Waals surface area (Å²) in [6, 6.07) is 3.75. The highest BCUT2D eigenvalue weighted by molar-refractivity contribution is 5.25. The molecular formula is C15H21F2NO2. The number of rotatable bonds is 5. The maximum absolute atomic E-state index is 13.4. The molecule has 0 spiro atoms. The van der Waals surface area contributed by atoms with Crippen LogP contribution in [0, 0.1) is 16.8 Å². The molecule has 0 amide bonds. The molecule has 2 rings (SSSR count). The van der Waals surface area contributed by atoms with Crippen LogP contribution in [0.2, 0.25) is 0 Å². The number of methoxy groups -OCH3 is 1. The van der Waals surface area contributed by atoms with Gasteiger partial charge >= 0.3 is 0 Å². The van der Waals surface area contributed by atoms with E-state index in [1.165, 1.54) is 13.2 Å². The monoisotopic (exact) mass is 285 g/mol. The van der Waals surface area contributed by atoms with E-state index in [1.807, 2.05) is 6.92 Å². The van der Waals surface area contributed by atoms with E-state index in [9.17, 15) is 14.0 Å². The second-order valence-corrected chi connectivity index (χ2v) is 5.59. The Morgan fingerprint density at radius 1 is 1.35 bits per heavy atom. The van der Waals surface area contributed by atoms with Gasteiger partial charge in [-0.05, 0) is 24.1 Å². The molecule has 1 fully saturated rings. The van der Waals surface area contributed by atoms with Crippen molar-refractivity contribution in [1.82, 2.24) is 0 Å². The molecule has 1 heterocycles. The van der Waals surface area contributed by atoms with Crippen molar-refractivity contribution in [2.75, 3.05) is 26.7 Å². The second kappa shape index (κ2) is 5.76. The lowest BCUT2D eigenvalue weighted by atomic mass is 9.92. The average Bonchev–Trinajstić information content (AvgIpc) is 2.79. The molecule has 2 atom stereocenters. The number of likely N-dealkylation sites (tertiary alicyclic amines) is 1. The fourth-order valence-corrected chi connectivity index (χ4v) is 2.94. The number of ether oxygens (including phenoxy) is 1. The number of halogens is 2. The molecule has 0 saturated carbocycles. The molecule has 0 aliphatic carbocycles. The second-order valence-electron chi connectivity index (χ2n) is 5.59. The maximum atomic E-state index is 13.4. The van der Waals surface area contributed by atoms with E-state index in [1.54, 1.807) is 0 Å². The van der Waals surface area contributed by atoms with Crippen LogP contribution < -0.4 is 0 Å². The standard InChI is InChI=1S/C15H21F2NO2/c1-3-4-8-18(19)9-7-15(11-18,20-2)12-5-6-13(16)14(17)10-12/h5-6,10H,3-4,7-9,11H2,1-2H3. The van der Waals surface area contributed by atoms with Gasteiger partial charge in [-0.1, -0.05) is 19.4 Å². The molecule has 0 N–H and O–H groups in total. The number of hydrogen-bond donors (Lipinski definition) is 0. The SMILES string of the molecule is CCCC[N+]1([O-])CCC(OC)(c2ccc(F)c(F)c2)C1. The van der Waals surface area contributed by atoms with E-state index in [0.717, 1.165) is 25.0 Å². The van der Waals surface area contributed by atoms with Crippen LogP contribution in [-0.4, -0.2) is 31.4 Å². The number of quaternary nitrogens is 1. The van der Waals surface area contributed by atoms with Crippen molar-refractivity contribution in [3.63, 3.8) is 0 Å². The van der Waals surface area contributed by atoms with Gasteiger partial charge in [0.2, 0.25) is 0 Å². The van der Waals surface area contributed by atoms with Crippen LogP contribution in [-0.2, 0) is 10.3 Å². The number of benzene rings is 1. The molecule has 0 radical (unpaired) electrons. The molecule has 3 nitrogen and oxygen atoms in total. The highest BCUT2D eigenvalue weighted by Gasteiger charge is 2.46. The Morgan fingerprint density at radius 3 is 2.70 bits per heavy atom. The number of unbranched alkanes of at least 4 members (excludes halogenated alkanes) is 1. The van der Waals surface area contributed by atoms with E-state index >= 15 is 0 Å². The summed E-state index contributed by atoms with van der Waals surface area (Å²) >= 11 is 0. The first-order valence-corrected chi connectivity index (χ1v) is 7.02. The fraction of sp³-hybridized carbons (Fsp3) is 0.600. The Labute approximate surface area is 118 Å². The molecule has 1 saturated heterocycles. The van der Waals surface area contributed by atoms with Gasteiger partial charge < -0.3 is 14.6 Å². The van der Waals surface area contributed by atoms with Crippen LogP contribution in [0.3, 0.4) is 0 Å². The zero-order chi connectivity index (χ0) is 14.8. The molecule has 1 aromatic carbocycles. The topological polar surface area (TPSA) is 32.3 Å². The summed E-state index contributed by atoms with van der Waals surface area (Å²) in [5.74, 6) is -1.78. The Morgan fingerprint density at radius 2 is 2.10 bits per heavy atom. The molecule has 20 heavy (non-hydrogen) atoms.